The zero-order valence-electron chi connectivity index (χ0n) is 8.74. The maximum absolute atomic E-state index is 2.37. The first-order valence-corrected chi connectivity index (χ1v) is 5.62. The molecule has 0 unspecified atom stereocenters. The van der Waals surface area contributed by atoms with Gasteiger partial charge in [-0.05, 0) is 40.8 Å². The number of rotatable bonds is 0. The first-order chi connectivity index (χ1) is 7.45. The van der Waals surface area contributed by atoms with E-state index in [2.05, 4.69) is 48.6 Å². The van der Waals surface area contributed by atoms with Crippen LogP contribution in [0.5, 0.6) is 0 Å². The number of fused-ring (bicyclic) bond motifs is 2. The summed E-state index contributed by atoms with van der Waals surface area (Å²) in [6.45, 7) is 0. The molecule has 0 saturated carbocycles. The van der Waals surface area contributed by atoms with Gasteiger partial charge < -0.3 is 0 Å². The molecule has 0 atom stereocenters. The minimum absolute atomic E-state index is 1.22. The zero-order chi connectivity index (χ0) is 10.1. The van der Waals surface area contributed by atoms with E-state index in [0.717, 1.165) is 0 Å². The molecule has 0 amide bonds. The fourth-order valence-electron chi connectivity index (χ4n) is 2.44. The van der Waals surface area contributed by atoms with Crippen molar-refractivity contribution in [3.05, 3.63) is 58.5 Å². The third-order valence-electron chi connectivity index (χ3n) is 3.18. The average Bonchev–Trinajstić information content (AvgIpc) is 2.48. The predicted molar refractivity (Wildman–Crippen MR) is 64.6 cm³/mol. The van der Waals surface area contributed by atoms with Crippen LogP contribution in [0.25, 0.3) is 11.6 Å². The second kappa shape index (κ2) is 3.54. The minimum Gasteiger partial charge on any atom is -0.0770 e. The molecular weight excluding hydrogens is 180 g/mol. The highest BCUT2D eigenvalue weighted by Gasteiger charge is 2.09. The van der Waals surface area contributed by atoms with E-state index in [1.165, 1.54) is 40.8 Å². The molecule has 74 valence electrons. The zero-order valence-corrected chi connectivity index (χ0v) is 8.74. The number of hydrogen-bond donors (Lipinski definition) is 0. The molecule has 0 aliphatic heterocycles. The van der Waals surface area contributed by atoms with Crippen LogP contribution >= 0.6 is 0 Å². The first kappa shape index (κ1) is 8.72. The van der Waals surface area contributed by atoms with Gasteiger partial charge in [-0.2, -0.15) is 0 Å². The average molecular weight is 194 g/mol. The van der Waals surface area contributed by atoms with Crippen molar-refractivity contribution in [2.24, 2.45) is 0 Å². The SMILES string of the molecule is C1=CC2=CCCCC2=c2ccccc2=C1. The number of hydrogen-bond acceptors (Lipinski definition) is 0. The van der Waals surface area contributed by atoms with Gasteiger partial charge in [-0.1, -0.05) is 48.6 Å². The summed E-state index contributed by atoms with van der Waals surface area (Å²) >= 11 is 0. The highest BCUT2D eigenvalue weighted by atomic mass is 14.1. The minimum atomic E-state index is 1.22. The molecule has 3 rings (SSSR count). The summed E-state index contributed by atoms with van der Waals surface area (Å²) in [5, 5.41) is 2.78. The largest absolute Gasteiger partial charge is 0.0770 e. The summed E-state index contributed by atoms with van der Waals surface area (Å²) < 4.78 is 0. The van der Waals surface area contributed by atoms with Crippen LogP contribution in [0.4, 0.5) is 0 Å². The standard InChI is InChI=1S/C15H14/c1-3-10-14-12(6-1)8-5-9-13-7-2-4-11-15(13)14/h1,3,5-10H,2,4,11H2. The molecule has 0 heteroatoms. The van der Waals surface area contributed by atoms with E-state index < -0.39 is 0 Å². The second-order valence-electron chi connectivity index (χ2n) is 4.14. The van der Waals surface area contributed by atoms with Crippen LogP contribution in [0.1, 0.15) is 19.3 Å². The third-order valence-corrected chi connectivity index (χ3v) is 3.18. The fraction of sp³-hybridized carbons (Fsp3) is 0.200. The van der Waals surface area contributed by atoms with Gasteiger partial charge in [0.05, 0.1) is 0 Å². The summed E-state index contributed by atoms with van der Waals surface area (Å²) in [4.78, 5) is 0. The van der Waals surface area contributed by atoms with Gasteiger partial charge >= 0.3 is 0 Å². The Morgan fingerprint density at radius 2 is 2.00 bits per heavy atom. The van der Waals surface area contributed by atoms with Crippen LogP contribution < -0.4 is 10.4 Å². The van der Waals surface area contributed by atoms with E-state index in [9.17, 15) is 0 Å². The molecule has 0 saturated heterocycles. The quantitative estimate of drug-likeness (QED) is 0.594. The van der Waals surface area contributed by atoms with Crippen LogP contribution in [0, 0.1) is 0 Å². The Labute approximate surface area is 89.9 Å². The van der Waals surface area contributed by atoms with E-state index >= 15 is 0 Å². The molecule has 0 N–H and O–H groups in total. The number of allylic oxidation sites excluding steroid dienone is 4. The first-order valence-electron chi connectivity index (χ1n) is 5.62. The summed E-state index contributed by atoms with van der Waals surface area (Å²) in [6, 6.07) is 8.69. The van der Waals surface area contributed by atoms with E-state index in [0.29, 0.717) is 0 Å². The van der Waals surface area contributed by atoms with Crippen LogP contribution in [-0.2, 0) is 0 Å². The molecule has 0 nitrogen and oxygen atoms in total. The van der Waals surface area contributed by atoms with Gasteiger partial charge in [0.1, 0.15) is 0 Å². The topological polar surface area (TPSA) is 0 Å². The maximum Gasteiger partial charge on any atom is -0.0146 e. The Bertz CT molecular complexity index is 556. The number of benzene rings is 1. The third kappa shape index (κ3) is 1.46. The van der Waals surface area contributed by atoms with E-state index in [1.807, 2.05) is 0 Å². The molecule has 0 fully saturated rings. The van der Waals surface area contributed by atoms with Gasteiger partial charge in [-0.3, -0.25) is 0 Å². The molecule has 1 aromatic carbocycles. The van der Waals surface area contributed by atoms with Gasteiger partial charge in [-0.25, -0.2) is 0 Å². The highest BCUT2D eigenvalue weighted by Crippen LogP contribution is 2.25. The summed E-state index contributed by atoms with van der Waals surface area (Å²) in [5.74, 6) is 0. The Balaban J connectivity index is 2.43. The molecule has 2 aliphatic rings. The molecular formula is C15H14. The Morgan fingerprint density at radius 3 is 3.00 bits per heavy atom. The molecule has 0 spiro atoms. The lowest BCUT2D eigenvalue weighted by Gasteiger charge is -2.13. The molecule has 0 aromatic heterocycles. The van der Waals surface area contributed by atoms with Crippen LogP contribution in [-0.4, -0.2) is 0 Å². The van der Waals surface area contributed by atoms with Crippen molar-refractivity contribution in [1.29, 1.82) is 0 Å². The van der Waals surface area contributed by atoms with Gasteiger partial charge in [0.25, 0.3) is 0 Å². The maximum atomic E-state index is 2.37. The van der Waals surface area contributed by atoms with Crippen molar-refractivity contribution in [1.82, 2.24) is 0 Å². The smallest absolute Gasteiger partial charge is 0.0146 e. The molecule has 15 heavy (non-hydrogen) atoms. The predicted octanol–water partition coefficient (Wildman–Crippen LogP) is 2.30. The van der Waals surface area contributed by atoms with Gasteiger partial charge in [0.2, 0.25) is 0 Å². The lowest BCUT2D eigenvalue weighted by atomic mass is 9.92. The van der Waals surface area contributed by atoms with Gasteiger partial charge in [-0.15, -0.1) is 0 Å². The van der Waals surface area contributed by atoms with Crippen LogP contribution in [0.3, 0.4) is 0 Å². The van der Waals surface area contributed by atoms with Crippen molar-refractivity contribution < 1.29 is 0 Å². The lowest BCUT2D eigenvalue weighted by molar-refractivity contribution is 0.850. The van der Waals surface area contributed by atoms with Crippen LogP contribution in [0.15, 0.2) is 48.1 Å². The van der Waals surface area contributed by atoms with E-state index in [1.54, 1.807) is 0 Å². The molecule has 1 aromatic rings. The Kier molecular flexibility index (Phi) is 2.06. The van der Waals surface area contributed by atoms with E-state index in [-0.39, 0.29) is 0 Å². The summed E-state index contributed by atoms with van der Waals surface area (Å²) in [6.07, 6.45) is 12.7. The van der Waals surface area contributed by atoms with Crippen molar-refractivity contribution >= 4 is 11.6 Å². The van der Waals surface area contributed by atoms with Crippen molar-refractivity contribution in [3.8, 4) is 0 Å². The Hall–Kier alpha value is -1.56. The van der Waals surface area contributed by atoms with Crippen molar-refractivity contribution in [2.45, 2.75) is 19.3 Å². The summed E-state index contributed by atoms with van der Waals surface area (Å²) in [7, 11) is 0. The fourth-order valence-corrected chi connectivity index (χ4v) is 2.44. The van der Waals surface area contributed by atoms with Crippen LogP contribution in [0.2, 0.25) is 0 Å². The molecule has 0 heterocycles. The molecule has 0 bridgehead atoms. The lowest BCUT2D eigenvalue weighted by Crippen LogP contribution is -2.26. The summed E-state index contributed by atoms with van der Waals surface area (Å²) in [5.41, 5.74) is 2.96. The highest BCUT2D eigenvalue weighted by molar-refractivity contribution is 5.72. The van der Waals surface area contributed by atoms with Gasteiger partial charge in [0, 0.05) is 0 Å². The Morgan fingerprint density at radius 1 is 1.07 bits per heavy atom. The monoisotopic (exact) mass is 194 g/mol. The molecule has 0 radical (unpaired) electrons. The van der Waals surface area contributed by atoms with Gasteiger partial charge in [0.15, 0.2) is 0 Å². The molecule has 2 aliphatic carbocycles. The van der Waals surface area contributed by atoms with Crippen molar-refractivity contribution in [3.63, 3.8) is 0 Å². The van der Waals surface area contributed by atoms with E-state index in [4.69, 9.17) is 0 Å². The second-order valence-corrected chi connectivity index (χ2v) is 4.14. The normalized spacial score (nSPS) is 18.4. The van der Waals surface area contributed by atoms with Crippen molar-refractivity contribution in [2.75, 3.05) is 0 Å².